The summed E-state index contributed by atoms with van der Waals surface area (Å²) in [7, 11) is 0. The highest BCUT2D eigenvalue weighted by Crippen LogP contribution is 2.14. The monoisotopic (exact) mass is 419 g/mol. The van der Waals surface area contributed by atoms with Crippen molar-refractivity contribution in [3.05, 3.63) is 35.9 Å². The minimum atomic E-state index is -1.25. The van der Waals surface area contributed by atoms with E-state index in [0.717, 1.165) is 19.5 Å². The van der Waals surface area contributed by atoms with Gasteiger partial charge in [-0.25, -0.2) is 0 Å². The van der Waals surface area contributed by atoms with Gasteiger partial charge in [-0.05, 0) is 18.5 Å². The molecule has 0 fully saturated rings. The van der Waals surface area contributed by atoms with Crippen molar-refractivity contribution in [2.75, 3.05) is 13.1 Å². The Kier molecular flexibility index (Phi) is 18.1. The molecule has 0 saturated heterocycles. The number of hydrogen-bond donors (Lipinski definition) is 2. The Labute approximate surface area is 186 Å². The van der Waals surface area contributed by atoms with E-state index in [0.29, 0.717) is 6.54 Å². The third-order valence-electron chi connectivity index (χ3n) is 6.00. The molecule has 0 saturated carbocycles. The van der Waals surface area contributed by atoms with Crippen LogP contribution in [0.5, 0.6) is 0 Å². The van der Waals surface area contributed by atoms with Gasteiger partial charge in [-0.2, -0.15) is 0 Å². The Balaban J connectivity index is 1.91. The van der Waals surface area contributed by atoms with Crippen LogP contribution in [-0.4, -0.2) is 34.5 Å². The fourth-order valence-corrected chi connectivity index (χ4v) is 4.19. The van der Waals surface area contributed by atoms with Crippen LogP contribution in [0.4, 0.5) is 0 Å². The van der Waals surface area contributed by atoms with Crippen LogP contribution < -0.4 is 0 Å². The fraction of sp³-hybridized carbons (Fsp3) is 0.778. The zero-order chi connectivity index (χ0) is 21.7. The van der Waals surface area contributed by atoms with E-state index >= 15 is 0 Å². The number of hydrogen-bond acceptors (Lipinski definition) is 3. The summed E-state index contributed by atoms with van der Waals surface area (Å²) >= 11 is 0. The van der Waals surface area contributed by atoms with Crippen molar-refractivity contribution < 1.29 is 10.2 Å². The lowest BCUT2D eigenvalue weighted by atomic mass is 10.0. The molecule has 174 valence electrons. The van der Waals surface area contributed by atoms with E-state index in [1.54, 1.807) is 0 Å². The summed E-state index contributed by atoms with van der Waals surface area (Å²) in [5.41, 5.74) is 1.23. The van der Waals surface area contributed by atoms with Crippen molar-refractivity contribution in [1.29, 1.82) is 0 Å². The summed E-state index contributed by atoms with van der Waals surface area (Å²) in [4.78, 5) is 2.16. The molecule has 0 amide bonds. The van der Waals surface area contributed by atoms with Crippen LogP contribution in [0.3, 0.4) is 0 Å². The highest BCUT2D eigenvalue weighted by Gasteiger charge is 2.09. The third-order valence-corrected chi connectivity index (χ3v) is 6.00. The molecule has 0 atom stereocenters. The van der Waals surface area contributed by atoms with Crippen LogP contribution in [0.1, 0.15) is 115 Å². The maximum atomic E-state index is 9.35. The molecule has 0 aliphatic carbocycles. The predicted molar refractivity (Wildman–Crippen MR) is 129 cm³/mol. The van der Waals surface area contributed by atoms with Crippen LogP contribution >= 0.6 is 0 Å². The molecule has 1 aromatic carbocycles. The van der Waals surface area contributed by atoms with Gasteiger partial charge in [-0.3, -0.25) is 4.90 Å². The molecule has 30 heavy (non-hydrogen) atoms. The standard InChI is InChI=1S/C27H49NO2/c1-2-3-4-5-6-7-8-9-10-11-12-13-14-15-16-20-23-28(25-27(29)30)24-26-21-18-17-19-22-26/h17-19,21-22,27,29-30H,2-16,20,23-25H2,1H3. The molecular formula is C27H49NO2. The van der Waals surface area contributed by atoms with E-state index in [2.05, 4.69) is 24.0 Å². The van der Waals surface area contributed by atoms with Crippen LogP contribution in [0.2, 0.25) is 0 Å². The van der Waals surface area contributed by atoms with Gasteiger partial charge in [0.25, 0.3) is 0 Å². The van der Waals surface area contributed by atoms with Gasteiger partial charge in [0.05, 0.1) is 0 Å². The number of nitrogens with zero attached hydrogens (tertiary/aromatic N) is 1. The molecule has 2 N–H and O–H groups in total. The molecule has 3 heteroatoms. The molecule has 0 heterocycles. The minimum Gasteiger partial charge on any atom is -0.367 e. The molecule has 0 bridgehead atoms. The molecule has 0 radical (unpaired) electrons. The molecule has 3 nitrogen and oxygen atoms in total. The highest BCUT2D eigenvalue weighted by molar-refractivity contribution is 5.14. The summed E-state index contributed by atoms with van der Waals surface area (Å²) in [6.07, 6.45) is 20.8. The SMILES string of the molecule is CCCCCCCCCCCCCCCCCCN(Cc1ccccc1)CC(O)O. The van der Waals surface area contributed by atoms with E-state index in [4.69, 9.17) is 0 Å². The molecule has 0 aliphatic rings. The van der Waals surface area contributed by atoms with Crippen LogP contribution in [-0.2, 0) is 6.54 Å². The maximum Gasteiger partial charge on any atom is 0.164 e. The van der Waals surface area contributed by atoms with Crippen molar-refractivity contribution in [2.45, 2.75) is 122 Å². The van der Waals surface area contributed by atoms with Crippen LogP contribution in [0, 0.1) is 0 Å². The molecule has 0 unspecified atom stereocenters. The number of aliphatic hydroxyl groups is 2. The highest BCUT2D eigenvalue weighted by atomic mass is 16.5. The van der Waals surface area contributed by atoms with Crippen molar-refractivity contribution >= 4 is 0 Å². The molecule has 0 aliphatic heterocycles. The molecular weight excluding hydrogens is 370 g/mol. The lowest BCUT2D eigenvalue weighted by Crippen LogP contribution is -2.32. The molecule has 1 aromatic rings. The van der Waals surface area contributed by atoms with Gasteiger partial charge < -0.3 is 10.2 Å². The van der Waals surface area contributed by atoms with Crippen molar-refractivity contribution in [1.82, 2.24) is 4.90 Å². The van der Waals surface area contributed by atoms with Gasteiger partial charge in [-0.1, -0.05) is 134 Å². The smallest absolute Gasteiger partial charge is 0.164 e. The Morgan fingerprint density at radius 2 is 1.07 bits per heavy atom. The fourth-order valence-electron chi connectivity index (χ4n) is 4.19. The first-order chi connectivity index (χ1) is 14.7. The average Bonchev–Trinajstić information content (AvgIpc) is 2.73. The van der Waals surface area contributed by atoms with Crippen molar-refractivity contribution in [3.8, 4) is 0 Å². The Morgan fingerprint density at radius 3 is 1.50 bits per heavy atom. The van der Waals surface area contributed by atoms with Gasteiger partial charge in [0.2, 0.25) is 0 Å². The Morgan fingerprint density at radius 1 is 0.633 bits per heavy atom. The first kappa shape index (κ1) is 27.1. The molecule has 0 aromatic heterocycles. The maximum absolute atomic E-state index is 9.35. The minimum absolute atomic E-state index is 0.327. The van der Waals surface area contributed by atoms with E-state index < -0.39 is 6.29 Å². The molecule has 1 rings (SSSR count). The summed E-state index contributed by atoms with van der Waals surface area (Å²) in [6.45, 7) is 4.34. The van der Waals surface area contributed by atoms with Gasteiger partial charge >= 0.3 is 0 Å². The first-order valence-corrected chi connectivity index (χ1v) is 12.8. The van der Waals surface area contributed by atoms with E-state index in [1.165, 1.54) is 102 Å². The second kappa shape index (κ2) is 20.0. The number of unbranched alkanes of at least 4 members (excludes halogenated alkanes) is 15. The quantitative estimate of drug-likeness (QED) is 0.165. The third kappa shape index (κ3) is 16.8. The summed E-state index contributed by atoms with van der Waals surface area (Å²) in [5.74, 6) is 0. The largest absolute Gasteiger partial charge is 0.367 e. The van der Waals surface area contributed by atoms with E-state index in [-0.39, 0.29) is 0 Å². The van der Waals surface area contributed by atoms with Gasteiger partial charge in [-0.15, -0.1) is 0 Å². The lowest BCUT2D eigenvalue weighted by molar-refractivity contribution is -0.0628. The zero-order valence-corrected chi connectivity index (χ0v) is 19.7. The van der Waals surface area contributed by atoms with Gasteiger partial charge in [0, 0.05) is 13.1 Å². The van der Waals surface area contributed by atoms with Crippen molar-refractivity contribution in [3.63, 3.8) is 0 Å². The lowest BCUT2D eigenvalue weighted by Gasteiger charge is -2.23. The first-order valence-electron chi connectivity index (χ1n) is 12.8. The topological polar surface area (TPSA) is 43.7 Å². The van der Waals surface area contributed by atoms with Crippen molar-refractivity contribution in [2.24, 2.45) is 0 Å². The summed E-state index contributed by atoms with van der Waals surface area (Å²) in [6, 6.07) is 10.3. The van der Waals surface area contributed by atoms with E-state index in [9.17, 15) is 10.2 Å². The number of benzene rings is 1. The van der Waals surface area contributed by atoms with Gasteiger partial charge in [0.15, 0.2) is 6.29 Å². The Hall–Kier alpha value is -0.900. The molecule has 0 spiro atoms. The summed E-state index contributed by atoms with van der Waals surface area (Å²) in [5, 5.41) is 18.7. The predicted octanol–water partition coefficient (Wildman–Crippen LogP) is 7.06. The zero-order valence-electron chi connectivity index (χ0n) is 19.7. The number of rotatable bonds is 21. The normalized spacial score (nSPS) is 11.6. The van der Waals surface area contributed by atoms with E-state index in [1.807, 2.05) is 18.2 Å². The van der Waals surface area contributed by atoms with Crippen LogP contribution in [0.15, 0.2) is 30.3 Å². The summed E-state index contributed by atoms with van der Waals surface area (Å²) < 4.78 is 0. The van der Waals surface area contributed by atoms with Gasteiger partial charge in [0.1, 0.15) is 0 Å². The second-order valence-electron chi connectivity index (χ2n) is 9.00. The second-order valence-corrected chi connectivity index (χ2v) is 9.00. The average molecular weight is 420 g/mol. The van der Waals surface area contributed by atoms with Crippen LogP contribution in [0.25, 0.3) is 0 Å². The Bertz CT molecular complexity index is 463. The number of aliphatic hydroxyl groups excluding tert-OH is 1.